The molecule has 2 N–H and O–H groups in total. The van der Waals surface area contributed by atoms with Crippen molar-refractivity contribution in [1.82, 2.24) is 19.9 Å². The molecule has 0 saturated carbocycles. The summed E-state index contributed by atoms with van der Waals surface area (Å²) in [4.78, 5) is 18.2. The van der Waals surface area contributed by atoms with Crippen LogP contribution in [0.25, 0.3) is 10.9 Å². The molecule has 33 heavy (non-hydrogen) atoms. The lowest BCUT2D eigenvalue weighted by atomic mass is 10.1. The van der Waals surface area contributed by atoms with Crippen LogP contribution in [0.3, 0.4) is 0 Å². The monoisotopic (exact) mass is 459 g/mol. The number of fused-ring (bicyclic) bond motifs is 1. The third kappa shape index (κ3) is 5.16. The lowest BCUT2D eigenvalue weighted by Crippen LogP contribution is -2.45. The van der Waals surface area contributed by atoms with Crippen molar-refractivity contribution in [2.75, 3.05) is 48.8 Å². The number of halogens is 1. The van der Waals surface area contributed by atoms with Crippen molar-refractivity contribution in [2.45, 2.75) is 6.54 Å². The first kappa shape index (κ1) is 21.4. The number of nitrogens with one attached hydrogen (secondary N) is 2. The number of hydrogen-bond donors (Lipinski definition) is 2. The van der Waals surface area contributed by atoms with Crippen molar-refractivity contribution in [1.29, 1.82) is 0 Å². The van der Waals surface area contributed by atoms with E-state index in [1.54, 1.807) is 6.20 Å². The zero-order chi connectivity index (χ0) is 22.6. The number of aromatic nitrogens is 3. The van der Waals surface area contributed by atoms with Crippen LogP contribution in [-0.2, 0) is 6.54 Å². The Bertz CT molecular complexity index is 1250. The lowest BCUT2D eigenvalue weighted by molar-refractivity contribution is 0.311. The highest BCUT2D eigenvalue weighted by Gasteiger charge is 2.16. The molecular formula is C25H26ClN7. The predicted octanol–water partition coefficient (Wildman–Crippen LogP) is 4.79. The first-order valence-electron chi connectivity index (χ1n) is 11.0. The smallest absolute Gasteiger partial charge is 0.227 e. The van der Waals surface area contributed by atoms with E-state index in [-0.39, 0.29) is 0 Å². The normalized spacial score (nSPS) is 14.4. The van der Waals surface area contributed by atoms with Gasteiger partial charge in [0.05, 0.1) is 5.52 Å². The molecule has 1 fully saturated rings. The Kier molecular flexibility index (Phi) is 6.24. The van der Waals surface area contributed by atoms with Gasteiger partial charge in [-0.05, 0) is 55.1 Å². The minimum Gasteiger partial charge on any atom is -0.366 e. The molecule has 0 spiro atoms. The Hall–Kier alpha value is -3.42. The molecule has 1 aliphatic heterocycles. The van der Waals surface area contributed by atoms with E-state index < -0.39 is 0 Å². The van der Waals surface area contributed by atoms with Crippen molar-refractivity contribution in [3.05, 3.63) is 77.6 Å². The maximum atomic E-state index is 6.12. The van der Waals surface area contributed by atoms with E-state index in [0.29, 0.717) is 11.6 Å². The van der Waals surface area contributed by atoms with E-state index in [1.165, 1.54) is 0 Å². The zero-order valence-electron chi connectivity index (χ0n) is 18.5. The van der Waals surface area contributed by atoms with E-state index in [9.17, 15) is 0 Å². The summed E-state index contributed by atoms with van der Waals surface area (Å²) in [7, 11) is 2.14. The minimum atomic E-state index is 0.668. The van der Waals surface area contributed by atoms with Crippen LogP contribution in [0.5, 0.6) is 0 Å². The van der Waals surface area contributed by atoms with Crippen molar-refractivity contribution >= 4 is 45.6 Å². The highest BCUT2D eigenvalue weighted by Crippen LogP contribution is 2.27. The molecular weight excluding hydrogens is 434 g/mol. The van der Waals surface area contributed by atoms with Crippen LogP contribution in [0.1, 0.15) is 5.56 Å². The first-order valence-corrected chi connectivity index (χ1v) is 11.4. The number of hydrogen-bond acceptors (Lipinski definition) is 7. The Morgan fingerprint density at radius 3 is 2.67 bits per heavy atom. The number of nitrogens with zero attached hydrogens (tertiary/aromatic N) is 5. The summed E-state index contributed by atoms with van der Waals surface area (Å²) in [6, 6.07) is 18.0. The van der Waals surface area contributed by atoms with Gasteiger partial charge in [-0.1, -0.05) is 23.7 Å². The van der Waals surface area contributed by atoms with E-state index in [0.717, 1.165) is 65.8 Å². The van der Waals surface area contributed by atoms with Gasteiger partial charge in [0, 0.05) is 66.9 Å². The van der Waals surface area contributed by atoms with E-state index >= 15 is 0 Å². The summed E-state index contributed by atoms with van der Waals surface area (Å²) in [5, 5.41) is 8.66. The highest BCUT2D eigenvalue weighted by molar-refractivity contribution is 6.31. The van der Waals surface area contributed by atoms with Crippen LogP contribution in [0.4, 0.5) is 23.1 Å². The van der Waals surface area contributed by atoms with Gasteiger partial charge in [0.15, 0.2) is 0 Å². The van der Waals surface area contributed by atoms with Gasteiger partial charge < -0.3 is 20.4 Å². The Labute approximate surface area is 198 Å². The SMILES string of the molecule is CN1CCN(c2nccc(NCc3cccc(Nc4ccnc5cc(Cl)ccc45)c3)n2)CC1. The molecule has 1 saturated heterocycles. The summed E-state index contributed by atoms with van der Waals surface area (Å²) in [6.07, 6.45) is 3.61. The molecule has 2 aromatic carbocycles. The molecule has 5 rings (SSSR count). The van der Waals surface area contributed by atoms with Crippen LogP contribution in [0, 0.1) is 0 Å². The number of anilines is 4. The Morgan fingerprint density at radius 2 is 1.79 bits per heavy atom. The summed E-state index contributed by atoms with van der Waals surface area (Å²) < 4.78 is 0. The molecule has 0 atom stereocenters. The van der Waals surface area contributed by atoms with Crippen molar-refractivity contribution in [2.24, 2.45) is 0 Å². The average molecular weight is 460 g/mol. The van der Waals surface area contributed by atoms with Crippen LogP contribution in [0.2, 0.25) is 5.02 Å². The van der Waals surface area contributed by atoms with Crippen LogP contribution >= 0.6 is 11.6 Å². The Balaban J connectivity index is 1.27. The molecule has 0 aliphatic carbocycles. The van der Waals surface area contributed by atoms with Gasteiger partial charge in [0.25, 0.3) is 0 Å². The van der Waals surface area contributed by atoms with Crippen molar-refractivity contribution < 1.29 is 0 Å². The number of piperazine rings is 1. The molecule has 168 valence electrons. The summed E-state index contributed by atoms with van der Waals surface area (Å²) in [5.41, 5.74) is 4.03. The third-order valence-corrected chi connectivity index (χ3v) is 6.05. The van der Waals surface area contributed by atoms with Crippen LogP contribution in [0.15, 0.2) is 67.0 Å². The van der Waals surface area contributed by atoms with Gasteiger partial charge in [-0.3, -0.25) is 4.98 Å². The number of rotatable bonds is 6. The molecule has 7 nitrogen and oxygen atoms in total. The van der Waals surface area contributed by atoms with Gasteiger partial charge in [-0.15, -0.1) is 0 Å². The molecule has 3 heterocycles. The molecule has 0 radical (unpaired) electrons. The average Bonchev–Trinajstić information content (AvgIpc) is 2.84. The van der Waals surface area contributed by atoms with Crippen molar-refractivity contribution in [3.63, 3.8) is 0 Å². The zero-order valence-corrected chi connectivity index (χ0v) is 19.3. The fraction of sp³-hybridized carbons (Fsp3) is 0.240. The summed E-state index contributed by atoms with van der Waals surface area (Å²) in [6.45, 7) is 4.62. The molecule has 0 unspecified atom stereocenters. The fourth-order valence-corrected chi connectivity index (χ4v) is 4.11. The standard InChI is InChI=1S/C25H26ClN7/c1-32-11-13-33(14-12-32)25-28-10-8-24(31-25)29-17-18-3-2-4-20(15-18)30-22-7-9-27-23-16-19(26)5-6-21(22)23/h2-10,15-16H,11-14,17H2,1H3,(H,27,30)(H,28,29,31). The van der Waals surface area contributed by atoms with Crippen molar-refractivity contribution in [3.8, 4) is 0 Å². The fourth-order valence-electron chi connectivity index (χ4n) is 3.94. The second-order valence-electron chi connectivity index (χ2n) is 8.23. The summed E-state index contributed by atoms with van der Waals surface area (Å²) in [5.74, 6) is 1.61. The maximum Gasteiger partial charge on any atom is 0.227 e. The Morgan fingerprint density at radius 1 is 0.939 bits per heavy atom. The van der Waals surface area contributed by atoms with Crippen LogP contribution < -0.4 is 15.5 Å². The van der Waals surface area contributed by atoms with Gasteiger partial charge >= 0.3 is 0 Å². The molecule has 0 amide bonds. The van der Waals surface area contributed by atoms with Gasteiger partial charge in [0.2, 0.25) is 5.95 Å². The second-order valence-corrected chi connectivity index (χ2v) is 8.67. The third-order valence-electron chi connectivity index (χ3n) is 5.81. The topological polar surface area (TPSA) is 69.2 Å². The van der Waals surface area contributed by atoms with E-state index in [1.807, 2.05) is 36.5 Å². The van der Waals surface area contributed by atoms with Gasteiger partial charge in [0.1, 0.15) is 5.82 Å². The lowest BCUT2D eigenvalue weighted by Gasteiger charge is -2.32. The molecule has 0 bridgehead atoms. The number of pyridine rings is 1. The van der Waals surface area contributed by atoms with Gasteiger partial charge in [-0.2, -0.15) is 4.98 Å². The molecule has 8 heteroatoms. The van der Waals surface area contributed by atoms with Gasteiger partial charge in [-0.25, -0.2) is 4.98 Å². The predicted molar refractivity (Wildman–Crippen MR) is 136 cm³/mol. The largest absolute Gasteiger partial charge is 0.366 e. The highest BCUT2D eigenvalue weighted by atomic mass is 35.5. The maximum absolute atomic E-state index is 6.12. The summed E-state index contributed by atoms with van der Waals surface area (Å²) >= 11 is 6.12. The molecule has 1 aliphatic rings. The first-order chi connectivity index (χ1) is 16.1. The van der Waals surface area contributed by atoms with E-state index in [4.69, 9.17) is 16.6 Å². The minimum absolute atomic E-state index is 0.668. The molecule has 4 aromatic rings. The molecule has 2 aromatic heterocycles. The number of likely N-dealkylation sites (N-methyl/N-ethyl adjacent to an activating group) is 1. The second kappa shape index (κ2) is 9.60. The number of benzene rings is 2. The quantitative estimate of drug-likeness (QED) is 0.429. The van der Waals surface area contributed by atoms with Crippen LogP contribution in [-0.4, -0.2) is 53.1 Å². The van der Waals surface area contributed by atoms with E-state index in [2.05, 4.69) is 61.7 Å².